The summed E-state index contributed by atoms with van der Waals surface area (Å²) in [6.45, 7) is 4.26. The summed E-state index contributed by atoms with van der Waals surface area (Å²) in [6.07, 6.45) is 0. The van der Waals surface area contributed by atoms with E-state index in [2.05, 4.69) is 6.07 Å². The van der Waals surface area contributed by atoms with Gasteiger partial charge in [-0.3, -0.25) is 0 Å². The minimum atomic E-state index is 0.338. The van der Waals surface area contributed by atoms with Gasteiger partial charge in [0.05, 0.1) is 18.7 Å². The highest BCUT2D eigenvalue weighted by Gasteiger charge is 2.09. The SMILES string of the molecule is COc1ccc(C#N)cc1COc1c(C)cc(N)cc1C. The van der Waals surface area contributed by atoms with Crippen molar-refractivity contribution >= 4 is 5.69 Å². The van der Waals surface area contributed by atoms with Gasteiger partial charge in [-0.15, -0.1) is 0 Å². The van der Waals surface area contributed by atoms with E-state index in [1.807, 2.05) is 26.0 Å². The Morgan fingerprint density at radius 3 is 2.38 bits per heavy atom. The van der Waals surface area contributed by atoms with Crippen LogP contribution in [0.4, 0.5) is 5.69 Å². The molecule has 2 aromatic carbocycles. The van der Waals surface area contributed by atoms with Crippen LogP contribution < -0.4 is 15.2 Å². The number of aryl methyl sites for hydroxylation is 2. The van der Waals surface area contributed by atoms with Gasteiger partial charge in [-0.2, -0.15) is 5.26 Å². The highest BCUT2D eigenvalue weighted by atomic mass is 16.5. The Morgan fingerprint density at radius 2 is 1.81 bits per heavy atom. The van der Waals surface area contributed by atoms with Crippen LogP contribution in [0, 0.1) is 25.2 Å². The molecule has 0 radical (unpaired) electrons. The molecule has 0 unspecified atom stereocenters. The molecule has 0 saturated heterocycles. The first-order chi connectivity index (χ1) is 10.0. The zero-order chi connectivity index (χ0) is 15.4. The Morgan fingerprint density at radius 1 is 1.14 bits per heavy atom. The second-order valence-electron chi connectivity index (χ2n) is 4.91. The van der Waals surface area contributed by atoms with Crippen LogP contribution in [0.1, 0.15) is 22.3 Å². The smallest absolute Gasteiger partial charge is 0.125 e. The second kappa shape index (κ2) is 6.19. The first-order valence-corrected chi connectivity index (χ1v) is 6.61. The normalized spacial score (nSPS) is 10.0. The first-order valence-electron chi connectivity index (χ1n) is 6.61. The monoisotopic (exact) mass is 282 g/mol. The van der Waals surface area contributed by atoms with Crippen LogP contribution >= 0.6 is 0 Å². The van der Waals surface area contributed by atoms with Gasteiger partial charge in [0.15, 0.2) is 0 Å². The van der Waals surface area contributed by atoms with E-state index in [0.29, 0.717) is 17.9 Å². The molecule has 0 fully saturated rings. The molecule has 0 bridgehead atoms. The highest BCUT2D eigenvalue weighted by molar-refractivity contribution is 5.52. The summed E-state index contributed by atoms with van der Waals surface area (Å²) in [4.78, 5) is 0. The van der Waals surface area contributed by atoms with Gasteiger partial charge in [0.1, 0.15) is 18.1 Å². The minimum Gasteiger partial charge on any atom is -0.496 e. The number of benzene rings is 2. The molecule has 0 atom stereocenters. The average molecular weight is 282 g/mol. The number of ether oxygens (including phenoxy) is 2. The summed E-state index contributed by atoms with van der Waals surface area (Å²) >= 11 is 0. The molecule has 4 nitrogen and oxygen atoms in total. The zero-order valence-electron chi connectivity index (χ0n) is 12.4. The lowest BCUT2D eigenvalue weighted by Gasteiger charge is -2.15. The summed E-state index contributed by atoms with van der Waals surface area (Å²) in [5.41, 5.74) is 9.93. The lowest BCUT2D eigenvalue weighted by molar-refractivity contribution is 0.293. The van der Waals surface area contributed by atoms with Gasteiger partial charge in [-0.1, -0.05) is 0 Å². The lowest BCUT2D eigenvalue weighted by Crippen LogP contribution is -2.02. The number of nitriles is 1. The third kappa shape index (κ3) is 3.26. The number of nitrogens with zero attached hydrogens (tertiary/aromatic N) is 1. The van der Waals surface area contributed by atoms with E-state index in [0.717, 1.165) is 28.1 Å². The van der Waals surface area contributed by atoms with Crippen molar-refractivity contribution in [1.82, 2.24) is 0 Å². The van der Waals surface area contributed by atoms with Gasteiger partial charge in [0.25, 0.3) is 0 Å². The van der Waals surface area contributed by atoms with E-state index in [4.69, 9.17) is 20.5 Å². The van der Waals surface area contributed by atoms with Gasteiger partial charge < -0.3 is 15.2 Å². The predicted octanol–water partition coefficient (Wildman–Crippen LogP) is 3.34. The fourth-order valence-corrected chi connectivity index (χ4v) is 2.32. The number of methoxy groups -OCH3 is 1. The second-order valence-corrected chi connectivity index (χ2v) is 4.91. The molecule has 0 amide bonds. The molecule has 0 aliphatic carbocycles. The van der Waals surface area contributed by atoms with Gasteiger partial charge in [0, 0.05) is 11.3 Å². The molecule has 2 N–H and O–H groups in total. The first kappa shape index (κ1) is 14.7. The van der Waals surface area contributed by atoms with E-state index in [-0.39, 0.29) is 0 Å². The van der Waals surface area contributed by atoms with Gasteiger partial charge >= 0.3 is 0 Å². The van der Waals surface area contributed by atoms with Crippen molar-refractivity contribution in [3.05, 3.63) is 52.6 Å². The zero-order valence-corrected chi connectivity index (χ0v) is 12.4. The maximum absolute atomic E-state index is 8.98. The summed E-state index contributed by atoms with van der Waals surface area (Å²) in [5, 5.41) is 8.98. The maximum Gasteiger partial charge on any atom is 0.125 e. The van der Waals surface area contributed by atoms with E-state index in [1.165, 1.54) is 0 Å². The summed E-state index contributed by atoms with van der Waals surface area (Å²) in [6, 6.07) is 11.2. The third-order valence-corrected chi connectivity index (χ3v) is 3.26. The fraction of sp³-hybridized carbons (Fsp3) is 0.235. The number of hydrogen-bond donors (Lipinski definition) is 1. The van der Waals surface area contributed by atoms with Crippen molar-refractivity contribution in [3.8, 4) is 17.6 Å². The molecule has 4 heteroatoms. The molecular weight excluding hydrogens is 264 g/mol. The summed E-state index contributed by atoms with van der Waals surface area (Å²) in [5.74, 6) is 1.52. The Bertz CT molecular complexity index is 679. The number of rotatable bonds is 4. The quantitative estimate of drug-likeness (QED) is 0.873. The van der Waals surface area contributed by atoms with Crippen LogP contribution in [-0.4, -0.2) is 7.11 Å². The number of nitrogen functional groups attached to an aromatic ring is 1. The van der Waals surface area contributed by atoms with Crippen molar-refractivity contribution in [2.45, 2.75) is 20.5 Å². The Labute approximate surface area is 124 Å². The average Bonchev–Trinajstić information content (AvgIpc) is 2.45. The van der Waals surface area contributed by atoms with Crippen LogP contribution in [0.25, 0.3) is 0 Å². The Hall–Kier alpha value is -2.67. The molecule has 2 aromatic rings. The summed E-state index contributed by atoms with van der Waals surface area (Å²) in [7, 11) is 1.60. The van der Waals surface area contributed by atoms with E-state index in [9.17, 15) is 0 Å². The molecule has 0 aliphatic rings. The molecular formula is C17H18N2O2. The molecule has 0 saturated carbocycles. The Kier molecular flexibility index (Phi) is 4.34. The largest absolute Gasteiger partial charge is 0.496 e. The number of nitrogens with two attached hydrogens (primary N) is 1. The highest BCUT2D eigenvalue weighted by Crippen LogP contribution is 2.28. The van der Waals surface area contributed by atoms with Crippen LogP contribution in [-0.2, 0) is 6.61 Å². The molecule has 0 heterocycles. The third-order valence-electron chi connectivity index (χ3n) is 3.26. The van der Waals surface area contributed by atoms with E-state index in [1.54, 1.807) is 25.3 Å². The topological polar surface area (TPSA) is 68.3 Å². The minimum absolute atomic E-state index is 0.338. The van der Waals surface area contributed by atoms with Crippen LogP contribution in [0.2, 0.25) is 0 Å². The molecule has 21 heavy (non-hydrogen) atoms. The lowest BCUT2D eigenvalue weighted by atomic mass is 10.1. The molecule has 0 spiro atoms. The van der Waals surface area contributed by atoms with E-state index >= 15 is 0 Å². The maximum atomic E-state index is 8.98. The molecule has 0 aromatic heterocycles. The number of hydrogen-bond acceptors (Lipinski definition) is 4. The van der Waals surface area contributed by atoms with Gasteiger partial charge in [0.2, 0.25) is 0 Å². The van der Waals surface area contributed by atoms with Crippen LogP contribution in [0.3, 0.4) is 0 Å². The van der Waals surface area contributed by atoms with Crippen molar-refractivity contribution in [3.63, 3.8) is 0 Å². The van der Waals surface area contributed by atoms with E-state index < -0.39 is 0 Å². The van der Waals surface area contributed by atoms with Crippen molar-refractivity contribution in [2.75, 3.05) is 12.8 Å². The summed E-state index contributed by atoms with van der Waals surface area (Å²) < 4.78 is 11.2. The molecule has 108 valence electrons. The van der Waals surface area contributed by atoms with Gasteiger partial charge in [-0.05, 0) is 55.3 Å². The Balaban J connectivity index is 2.26. The standard InChI is InChI=1S/C17H18N2O2/c1-11-6-15(19)7-12(2)17(11)21-10-14-8-13(9-18)4-5-16(14)20-3/h4-8H,10,19H2,1-3H3. The molecule has 2 rings (SSSR count). The van der Waals surface area contributed by atoms with Crippen LogP contribution in [0.5, 0.6) is 11.5 Å². The van der Waals surface area contributed by atoms with Crippen LogP contribution in [0.15, 0.2) is 30.3 Å². The van der Waals surface area contributed by atoms with Crippen molar-refractivity contribution in [2.24, 2.45) is 0 Å². The van der Waals surface area contributed by atoms with Crippen molar-refractivity contribution in [1.29, 1.82) is 5.26 Å². The molecule has 0 aliphatic heterocycles. The van der Waals surface area contributed by atoms with Crippen molar-refractivity contribution < 1.29 is 9.47 Å². The number of anilines is 1. The predicted molar refractivity (Wildman–Crippen MR) is 82.4 cm³/mol. The fourth-order valence-electron chi connectivity index (χ4n) is 2.32. The van der Waals surface area contributed by atoms with Gasteiger partial charge in [-0.25, -0.2) is 0 Å².